The molecule has 1 aliphatic rings. The van der Waals surface area contributed by atoms with Crippen molar-refractivity contribution in [1.82, 2.24) is 5.32 Å². The molecular weight excluding hydrogens is 372 g/mol. The molecule has 2 unspecified atom stereocenters. The van der Waals surface area contributed by atoms with E-state index in [-0.39, 0.29) is 19.3 Å². The molecule has 1 heterocycles. The van der Waals surface area contributed by atoms with Crippen LogP contribution in [-0.2, 0) is 25.6 Å². The number of esters is 1. The minimum absolute atomic E-state index is 0.152. The predicted octanol–water partition coefficient (Wildman–Crippen LogP) is 4.00. The van der Waals surface area contributed by atoms with E-state index < -0.39 is 18.1 Å². The molecule has 2 atom stereocenters. The quantitative estimate of drug-likeness (QED) is 0.629. The Bertz CT molecular complexity index is 662. The third-order valence-electron chi connectivity index (χ3n) is 4.85. The molecule has 0 radical (unpaired) electrons. The third-order valence-corrected chi connectivity index (χ3v) is 4.85. The van der Waals surface area contributed by atoms with Crippen molar-refractivity contribution in [2.45, 2.75) is 70.6 Å². The zero-order chi connectivity index (χ0) is 20.9. The largest absolute Gasteiger partial charge is 0.484 e. The fraction of sp³-hybridized carbons (Fsp3) is 0.591. The molecule has 1 aromatic rings. The molecule has 2 rings (SSSR count). The van der Waals surface area contributed by atoms with Crippen LogP contribution in [0.5, 0.6) is 0 Å². The molecule has 0 saturated heterocycles. The van der Waals surface area contributed by atoms with E-state index >= 15 is 0 Å². The molecule has 0 spiro atoms. The summed E-state index contributed by atoms with van der Waals surface area (Å²) in [5.74, 6) is 0.364. The zero-order valence-corrected chi connectivity index (χ0v) is 17.4. The lowest BCUT2D eigenvalue weighted by atomic mass is 10.0. The van der Waals surface area contributed by atoms with Gasteiger partial charge in [-0.25, -0.2) is 9.59 Å². The van der Waals surface area contributed by atoms with Crippen molar-refractivity contribution in [3.63, 3.8) is 0 Å². The van der Waals surface area contributed by atoms with Crippen LogP contribution in [0.3, 0.4) is 0 Å². The Labute approximate surface area is 172 Å². The van der Waals surface area contributed by atoms with Gasteiger partial charge >= 0.3 is 12.1 Å². The van der Waals surface area contributed by atoms with Gasteiger partial charge in [0, 0.05) is 6.42 Å². The summed E-state index contributed by atoms with van der Waals surface area (Å²) in [6.45, 7) is 2.16. The average molecular weight is 405 g/mol. The number of nitrogens with zero attached hydrogens (tertiary/aromatic N) is 1. The number of methoxy groups -OCH3 is 1. The van der Waals surface area contributed by atoms with Crippen molar-refractivity contribution in [3.05, 3.63) is 35.9 Å². The highest BCUT2D eigenvalue weighted by molar-refractivity contribution is 5.81. The summed E-state index contributed by atoms with van der Waals surface area (Å²) < 4.78 is 15.7. The van der Waals surface area contributed by atoms with Gasteiger partial charge in [0.25, 0.3) is 0 Å². The highest BCUT2D eigenvalue weighted by atomic mass is 16.6. The maximum atomic E-state index is 12.2. The van der Waals surface area contributed by atoms with Crippen molar-refractivity contribution < 1.29 is 23.8 Å². The number of aliphatic imine (C=N–C) groups is 1. The minimum atomic E-state index is -0.727. The molecule has 1 N–H and O–H groups in total. The van der Waals surface area contributed by atoms with Gasteiger partial charge in [-0.15, -0.1) is 0 Å². The SMILES string of the molecule is CCOC(=O)C(CCCC1CCCCC(OC)=N1)NC(=O)OCc1ccccc1. The van der Waals surface area contributed by atoms with Gasteiger partial charge in [0.15, 0.2) is 5.90 Å². The number of ether oxygens (including phenoxy) is 3. The van der Waals surface area contributed by atoms with Gasteiger partial charge in [0.05, 0.1) is 19.8 Å². The first-order chi connectivity index (χ1) is 14.1. The molecule has 0 aliphatic carbocycles. The lowest BCUT2D eigenvalue weighted by Crippen LogP contribution is -2.42. The van der Waals surface area contributed by atoms with E-state index in [4.69, 9.17) is 14.2 Å². The van der Waals surface area contributed by atoms with Crippen LogP contribution >= 0.6 is 0 Å². The second-order valence-corrected chi connectivity index (χ2v) is 7.07. The highest BCUT2D eigenvalue weighted by Gasteiger charge is 2.23. The molecule has 1 aromatic carbocycles. The third kappa shape index (κ3) is 8.54. The van der Waals surface area contributed by atoms with Crippen molar-refractivity contribution in [3.8, 4) is 0 Å². The van der Waals surface area contributed by atoms with Gasteiger partial charge in [-0.3, -0.25) is 4.99 Å². The maximum absolute atomic E-state index is 12.2. The van der Waals surface area contributed by atoms with Gasteiger partial charge in [-0.2, -0.15) is 0 Å². The molecule has 29 heavy (non-hydrogen) atoms. The Balaban J connectivity index is 1.83. The summed E-state index contributed by atoms with van der Waals surface area (Å²) >= 11 is 0. The summed E-state index contributed by atoms with van der Waals surface area (Å²) in [6, 6.07) is 8.87. The lowest BCUT2D eigenvalue weighted by molar-refractivity contribution is -0.145. The topological polar surface area (TPSA) is 86.2 Å². The fourth-order valence-corrected chi connectivity index (χ4v) is 3.31. The summed E-state index contributed by atoms with van der Waals surface area (Å²) in [6.07, 6.45) is 5.54. The van der Waals surface area contributed by atoms with E-state index in [1.54, 1.807) is 14.0 Å². The van der Waals surface area contributed by atoms with Crippen LogP contribution in [0, 0.1) is 0 Å². The lowest BCUT2D eigenvalue weighted by Gasteiger charge is -2.18. The second-order valence-electron chi connectivity index (χ2n) is 7.07. The summed E-state index contributed by atoms with van der Waals surface area (Å²) in [7, 11) is 1.66. The van der Waals surface area contributed by atoms with Crippen molar-refractivity contribution in [2.75, 3.05) is 13.7 Å². The smallest absolute Gasteiger partial charge is 0.408 e. The summed E-state index contributed by atoms with van der Waals surface area (Å²) in [5.41, 5.74) is 0.885. The highest BCUT2D eigenvalue weighted by Crippen LogP contribution is 2.19. The molecular formula is C22H32N2O5. The van der Waals surface area contributed by atoms with E-state index in [2.05, 4.69) is 10.3 Å². The number of benzene rings is 1. The number of amides is 1. The van der Waals surface area contributed by atoms with Crippen LogP contribution in [0.25, 0.3) is 0 Å². The van der Waals surface area contributed by atoms with Crippen LogP contribution in [0.15, 0.2) is 35.3 Å². The molecule has 7 heteroatoms. The number of nitrogens with one attached hydrogen (secondary N) is 1. The monoisotopic (exact) mass is 404 g/mol. The summed E-state index contributed by atoms with van der Waals surface area (Å²) in [4.78, 5) is 29.1. The van der Waals surface area contributed by atoms with Crippen LogP contribution in [-0.4, -0.2) is 43.8 Å². The van der Waals surface area contributed by atoms with E-state index in [9.17, 15) is 9.59 Å². The van der Waals surface area contributed by atoms with Gasteiger partial charge in [0.1, 0.15) is 12.6 Å². The number of alkyl carbamates (subject to hydrolysis) is 1. The van der Waals surface area contributed by atoms with Crippen LogP contribution in [0.1, 0.15) is 57.4 Å². The Kier molecular flexibility index (Phi) is 10.0. The first kappa shape index (κ1) is 22.7. The predicted molar refractivity (Wildman–Crippen MR) is 111 cm³/mol. The van der Waals surface area contributed by atoms with Crippen molar-refractivity contribution in [2.24, 2.45) is 4.99 Å². The zero-order valence-electron chi connectivity index (χ0n) is 17.4. The molecule has 0 fully saturated rings. The van der Waals surface area contributed by atoms with Gasteiger partial charge in [-0.05, 0) is 44.6 Å². The number of hydrogen-bond donors (Lipinski definition) is 1. The number of rotatable bonds is 9. The Morgan fingerprint density at radius 1 is 1.21 bits per heavy atom. The second kappa shape index (κ2) is 12.8. The van der Waals surface area contributed by atoms with Crippen LogP contribution in [0.4, 0.5) is 4.79 Å². The Hall–Kier alpha value is -2.57. The molecule has 7 nitrogen and oxygen atoms in total. The molecule has 0 aromatic heterocycles. The van der Waals surface area contributed by atoms with Crippen molar-refractivity contribution in [1.29, 1.82) is 0 Å². The number of carbonyl (C=O) groups excluding carboxylic acids is 2. The van der Waals surface area contributed by atoms with Gasteiger partial charge < -0.3 is 19.5 Å². The summed E-state index contributed by atoms with van der Waals surface area (Å²) in [5, 5.41) is 2.65. The standard InChI is InChI=1S/C22H32N2O5/c1-3-28-21(25)19(24-22(26)29-16-17-10-5-4-6-11-17)14-9-13-18-12-7-8-15-20(23-18)27-2/h4-6,10-11,18-19H,3,7-9,12-16H2,1-2H3,(H,24,26). The van der Waals surface area contributed by atoms with Crippen molar-refractivity contribution >= 4 is 18.0 Å². The van der Waals surface area contributed by atoms with E-state index in [0.29, 0.717) is 6.42 Å². The van der Waals surface area contributed by atoms with E-state index in [1.165, 1.54) is 0 Å². The Morgan fingerprint density at radius 2 is 2.00 bits per heavy atom. The van der Waals surface area contributed by atoms with Gasteiger partial charge in [-0.1, -0.05) is 36.8 Å². The molecule has 1 amide bonds. The molecule has 1 aliphatic heterocycles. The molecule has 0 saturated carbocycles. The van der Waals surface area contributed by atoms with Gasteiger partial charge in [0.2, 0.25) is 0 Å². The average Bonchev–Trinajstić information content (AvgIpc) is 2.97. The molecule has 160 valence electrons. The maximum Gasteiger partial charge on any atom is 0.408 e. The normalized spacial score (nSPS) is 17.4. The first-order valence-electron chi connectivity index (χ1n) is 10.4. The minimum Gasteiger partial charge on any atom is -0.484 e. The molecule has 0 bridgehead atoms. The fourth-order valence-electron chi connectivity index (χ4n) is 3.31. The first-order valence-corrected chi connectivity index (χ1v) is 10.4. The number of hydrogen-bond acceptors (Lipinski definition) is 6. The van der Waals surface area contributed by atoms with E-state index in [1.807, 2.05) is 30.3 Å². The van der Waals surface area contributed by atoms with E-state index in [0.717, 1.165) is 50.0 Å². The van der Waals surface area contributed by atoms with Crippen LogP contribution < -0.4 is 5.32 Å². The Morgan fingerprint density at radius 3 is 2.72 bits per heavy atom. The van der Waals surface area contributed by atoms with Crippen LogP contribution in [0.2, 0.25) is 0 Å². The number of carbonyl (C=O) groups is 2.